The molecule has 0 aromatic heterocycles. The molecule has 0 bridgehead atoms. The molecular weight excluding hydrogens is 326 g/mol. The summed E-state index contributed by atoms with van der Waals surface area (Å²) >= 11 is 0. The van der Waals surface area contributed by atoms with Crippen LogP contribution in [0.15, 0.2) is 48.5 Å². The minimum atomic E-state index is -0.00902. The first-order chi connectivity index (χ1) is 12.6. The zero-order chi connectivity index (χ0) is 18.4. The van der Waals surface area contributed by atoms with Crippen LogP contribution in [0.25, 0.3) is 0 Å². The number of nitrogens with zero attached hydrogens (tertiary/aromatic N) is 1. The fourth-order valence-electron chi connectivity index (χ4n) is 3.19. The average Bonchev–Trinajstić information content (AvgIpc) is 3.15. The van der Waals surface area contributed by atoms with Crippen molar-refractivity contribution in [1.29, 1.82) is 0 Å². The molecule has 1 atom stereocenters. The first-order valence-corrected chi connectivity index (χ1v) is 9.25. The van der Waals surface area contributed by atoms with Crippen molar-refractivity contribution in [3.8, 4) is 5.75 Å². The maximum Gasteiger partial charge on any atom is 0.260 e. The van der Waals surface area contributed by atoms with Crippen molar-refractivity contribution < 1.29 is 14.3 Å². The Morgan fingerprint density at radius 1 is 1.19 bits per heavy atom. The Labute approximate surface area is 155 Å². The van der Waals surface area contributed by atoms with Crippen molar-refractivity contribution in [2.24, 2.45) is 0 Å². The minimum Gasteiger partial charge on any atom is -0.483 e. The number of ether oxygens (including phenoxy) is 2. The highest BCUT2D eigenvalue weighted by Gasteiger charge is 2.23. The summed E-state index contributed by atoms with van der Waals surface area (Å²) in [6, 6.07) is 16.1. The van der Waals surface area contributed by atoms with Gasteiger partial charge in [-0.05, 0) is 49.4 Å². The molecule has 1 saturated heterocycles. The number of benzene rings is 2. The normalized spacial score (nSPS) is 16.5. The Kier molecular flexibility index (Phi) is 6.29. The van der Waals surface area contributed by atoms with Crippen molar-refractivity contribution in [1.82, 2.24) is 4.90 Å². The highest BCUT2D eigenvalue weighted by molar-refractivity contribution is 5.78. The van der Waals surface area contributed by atoms with E-state index in [9.17, 15) is 4.79 Å². The molecule has 0 saturated carbocycles. The largest absolute Gasteiger partial charge is 0.483 e. The second-order valence-electron chi connectivity index (χ2n) is 6.95. The van der Waals surface area contributed by atoms with Gasteiger partial charge in [0.2, 0.25) is 0 Å². The lowest BCUT2D eigenvalue weighted by molar-refractivity contribution is -0.135. The molecular formula is C22H27NO3. The zero-order valence-corrected chi connectivity index (χ0v) is 15.6. The summed E-state index contributed by atoms with van der Waals surface area (Å²) in [5.41, 5.74) is 3.28. The molecule has 0 spiro atoms. The lowest BCUT2D eigenvalue weighted by Gasteiger charge is -2.26. The van der Waals surface area contributed by atoms with E-state index < -0.39 is 0 Å². The fourth-order valence-corrected chi connectivity index (χ4v) is 3.19. The predicted molar refractivity (Wildman–Crippen MR) is 102 cm³/mol. The van der Waals surface area contributed by atoms with Gasteiger partial charge in [0.25, 0.3) is 5.91 Å². The fraction of sp³-hybridized carbons (Fsp3) is 0.409. The molecule has 1 amide bonds. The van der Waals surface area contributed by atoms with Gasteiger partial charge in [-0.25, -0.2) is 0 Å². The summed E-state index contributed by atoms with van der Waals surface area (Å²) in [4.78, 5) is 14.7. The van der Waals surface area contributed by atoms with Crippen molar-refractivity contribution in [3.63, 3.8) is 0 Å². The predicted octanol–water partition coefficient (Wildman–Crippen LogP) is 3.89. The van der Waals surface area contributed by atoms with Gasteiger partial charge in [-0.3, -0.25) is 4.79 Å². The smallest absolute Gasteiger partial charge is 0.260 e. The number of rotatable bonds is 7. The highest BCUT2D eigenvalue weighted by atomic mass is 16.5. The summed E-state index contributed by atoms with van der Waals surface area (Å²) < 4.78 is 11.6. The summed E-state index contributed by atoms with van der Waals surface area (Å²) in [6.45, 7) is 6.04. The van der Waals surface area contributed by atoms with Crippen LogP contribution < -0.4 is 4.74 Å². The van der Waals surface area contributed by atoms with Gasteiger partial charge in [-0.2, -0.15) is 0 Å². The number of carbonyl (C=O) groups excluding carboxylic acids is 1. The first kappa shape index (κ1) is 18.5. The van der Waals surface area contributed by atoms with Crippen LogP contribution in [0.1, 0.15) is 29.5 Å². The minimum absolute atomic E-state index is 0.00902. The Bertz CT molecular complexity index is 723. The lowest BCUT2D eigenvalue weighted by Crippen LogP contribution is -2.39. The van der Waals surface area contributed by atoms with Crippen molar-refractivity contribution in [3.05, 3.63) is 65.2 Å². The van der Waals surface area contributed by atoms with Gasteiger partial charge in [-0.15, -0.1) is 0 Å². The molecule has 1 heterocycles. The summed E-state index contributed by atoms with van der Waals surface area (Å²) in [5, 5.41) is 0. The number of aryl methyl sites for hydroxylation is 2. The van der Waals surface area contributed by atoms with Gasteiger partial charge in [0.1, 0.15) is 5.75 Å². The molecule has 4 heteroatoms. The Morgan fingerprint density at radius 2 is 2.00 bits per heavy atom. The summed E-state index contributed by atoms with van der Waals surface area (Å²) in [6.07, 6.45) is 2.20. The van der Waals surface area contributed by atoms with Crippen LogP contribution in [0.4, 0.5) is 0 Å². The summed E-state index contributed by atoms with van der Waals surface area (Å²) in [7, 11) is 0. The highest BCUT2D eigenvalue weighted by Crippen LogP contribution is 2.20. The van der Waals surface area contributed by atoms with E-state index >= 15 is 0 Å². The molecule has 26 heavy (non-hydrogen) atoms. The van der Waals surface area contributed by atoms with Gasteiger partial charge in [-0.1, -0.05) is 42.5 Å². The third kappa shape index (κ3) is 5.09. The maximum atomic E-state index is 12.9. The van der Waals surface area contributed by atoms with E-state index in [-0.39, 0.29) is 18.6 Å². The molecule has 1 aliphatic heterocycles. The third-order valence-electron chi connectivity index (χ3n) is 4.71. The van der Waals surface area contributed by atoms with Crippen molar-refractivity contribution in [2.75, 3.05) is 19.8 Å². The molecule has 1 aliphatic rings. The Morgan fingerprint density at radius 3 is 2.73 bits per heavy atom. The van der Waals surface area contributed by atoms with Crippen LogP contribution in [0.2, 0.25) is 0 Å². The number of carbonyl (C=O) groups is 1. The average molecular weight is 353 g/mol. The second-order valence-corrected chi connectivity index (χ2v) is 6.95. The number of amides is 1. The van der Waals surface area contributed by atoms with Crippen LogP contribution >= 0.6 is 0 Å². The van der Waals surface area contributed by atoms with E-state index in [4.69, 9.17) is 9.47 Å². The first-order valence-electron chi connectivity index (χ1n) is 9.25. The molecule has 3 rings (SSSR count). The van der Waals surface area contributed by atoms with E-state index in [2.05, 4.69) is 0 Å². The lowest BCUT2D eigenvalue weighted by atomic mass is 10.1. The van der Waals surface area contributed by atoms with Crippen LogP contribution in [0, 0.1) is 13.8 Å². The van der Waals surface area contributed by atoms with Crippen molar-refractivity contribution in [2.45, 2.75) is 39.3 Å². The monoisotopic (exact) mass is 353 g/mol. The van der Waals surface area contributed by atoms with E-state index in [0.29, 0.717) is 13.1 Å². The number of hydrogen-bond acceptors (Lipinski definition) is 3. The molecule has 2 aromatic carbocycles. The van der Waals surface area contributed by atoms with E-state index in [0.717, 1.165) is 41.9 Å². The van der Waals surface area contributed by atoms with E-state index in [1.807, 2.05) is 67.3 Å². The maximum absolute atomic E-state index is 12.9. The molecule has 1 fully saturated rings. The molecule has 0 radical (unpaired) electrons. The van der Waals surface area contributed by atoms with Gasteiger partial charge < -0.3 is 14.4 Å². The quantitative estimate of drug-likeness (QED) is 0.758. The second kappa shape index (κ2) is 8.86. The molecule has 1 unspecified atom stereocenters. The zero-order valence-electron chi connectivity index (χ0n) is 15.6. The molecule has 2 aromatic rings. The van der Waals surface area contributed by atoms with Crippen LogP contribution in [0.5, 0.6) is 5.75 Å². The third-order valence-corrected chi connectivity index (χ3v) is 4.71. The number of hydrogen-bond donors (Lipinski definition) is 0. The van der Waals surface area contributed by atoms with Crippen LogP contribution in [0.3, 0.4) is 0 Å². The molecule has 0 N–H and O–H groups in total. The SMILES string of the molecule is Cc1ccc(C)c(OCC(=O)N(Cc2ccccc2)CC2CCCO2)c1. The standard InChI is InChI=1S/C22H27NO3/c1-17-10-11-18(2)21(13-17)26-16-22(24)23(15-20-9-6-12-25-20)14-19-7-4-3-5-8-19/h3-5,7-8,10-11,13,20H,6,9,12,14-16H2,1-2H3. The van der Waals surface area contributed by atoms with E-state index in [1.165, 1.54) is 0 Å². The van der Waals surface area contributed by atoms with Crippen molar-refractivity contribution >= 4 is 5.91 Å². The van der Waals surface area contributed by atoms with Gasteiger partial charge >= 0.3 is 0 Å². The van der Waals surface area contributed by atoms with Gasteiger partial charge in [0, 0.05) is 19.7 Å². The van der Waals surface area contributed by atoms with Gasteiger partial charge in [0.15, 0.2) is 6.61 Å². The topological polar surface area (TPSA) is 38.8 Å². The van der Waals surface area contributed by atoms with Crippen LogP contribution in [-0.4, -0.2) is 36.7 Å². The Balaban J connectivity index is 1.66. The molecule has 138 valence electrons. The molecule has 0 aliphatic carbocycles. The molecule has 4 nitrogen and oxygen atoms in total. The summed E-state index contributed by atoms with van der Waals surface area (Å²) in [5.74, 6) is 0.764. The van der Waals surface area contributed by atoms with Crippen LogP contribution in [-0.2, 0) is 16.1 Å². The van der Waals surface area contributed by atoms with E-state index in [1.54, 1.807) is 0 Å². The Hall–Kier alpha value is -2.33. The van der Waals surface area contributed by atoms with Gasteiger partial charge in [0.05, 0.1) is 6.10 Å².